The molecule has 0 aliphatic heterocycles. The number of carbonyl (C=O) groups excluding carboxylic acids is 2. The molecule has 0 saturated carbocycles. The van der Waals surface area contributed by atoms with Crippen molar-refractivity contribution in [1.29, 1.82) is 0 Å². The Labute approximate surface area is 209 Å². The van der Waals surface area contributed by atoms with E-state index in [1.807, 2.05) is 6.07 Å². The lowest BCUT2D eigenvalue weighted by Crippen LogP contribution is -2.43. The van der Waals surface area contributed by atoms with Crippen molar-refractivity contribution in [2.75, 3.05) is 23.8 Å². The van der Waals surface area contributed by atoms with E-state index in [1.165, 1.54) is 0 Å². The van der Waals surface area contributed by atoms with E-state index < -0.39 is 42.0 Å². The van der Waals surface area contributed by atoms with Gasteiger partial charge < -0.3 is 19.8 Å². The number of hydrogen-bond acceptors (Lipinski definition) is 8. The minimum atomic E-state index is -0.852. The van der Waals surface area contributed by atoms with Crippen LogP contribution in [0, 0.1) is 0 Å². The Bertz CT molecular complexity index is 1610. The van der Waals surface area contributed by atoms with Crippen LogP contribution in [0.3, 0.4) is 0 Å². The molecule has 12 heteroatoms. The monoisotopic (exact) mass is 507 g/mol. The minimum absolute atomic E-state index is 0.0752. The topological polar surface area (TPSA) is 163 Å². The number of aromatic amines is 1. The van der Waals surface area contributed by atoms with Gasteiger partial charge in [-0.2, -0.15) is 0 Å². The number of aromatic nitrogens is 3. The Balaban J connectivity index is 1.54. The molecule has 192 valence electrons. The van der Waals surface area contributed by atoms with Crippen molar-refractivity contribution in [3.63, 3.8) is 0 Å². The van der Waals surface area contributed by atoms with Gasteiger partial charge in [0, 0.05) is 6.54 Å². The van der Waals surface area contributed by atoms with E-state index in [0.717, 1.165) is 19.6 Å². The number of nitrogen functional groups attached to an aromatic ring is 1. The molecule has 12 nitrogen and oxygen atoms in total. The number of rotatable bonds is 9. The van der Waals surface area contributed by atoms with Gasteiger partial charge in [0.05, 0.1) is 12.1 Å². The van der Waals surface area contributed by atoms with Gasteiger partial charge >= 0.3 is 17.4 Å². The highest BCUT2D eigenvalue weighted by atomic mass is 16.5. The molecule has 2 aromatic heterocycles. The first-order chi connectivity index (χ1) is 17.8. The van der Waals surface area contributed by atoms with E-state index >= 15 is 0 Å². The molecule has 1 amide bonds. The Morgan fingerprint density at radius 2 is 1.73 bits per heavy atom. The zero-order valence-corrected chi connectivity index (χ0v) is 20.0. The number of benzene rings is 2. The minimum Gasteiger partial charge on any atom is -0.454 e. The molecule has 37 heavy (non-hydrogen) atoms. The number of para-hydroxylation sites is 2. The lowest BCUT2D eigenvalue weighted by atomic mass is 10.2. The summed E-state index contributed by atoms with van der Waals surface area (Å²) in [6, 6.07) is 15.6. The van der Waals surface area contributed by atoms with Crippen LogP contribution in [0.1, 0.15) is 18.9 Å². The third kappa shape index (κ3) is 5.37. The maximum absolute atomic E-state index is 13.0. The maximum Gasteiger partial charge on any atom is 0.420 e. The average Bonchev–Trinajstić information content (AvgIpc) is 3.19. The van der Waals surface area contributed by atoms with Crippen LogP contribution >= 0.6 is 0 Å². The van der Waals surface area contributed by atoms with Crippen molar-refractivity contribution in [3.8, 4) is 0 Å². The number of carbonyl (C=O) groups is 2. The molecule has 0 unspecified atom stereocenters. The highest BCUT2D eigenvalue weighted by Gasteiger charge is 2.25. The Hall–Kier alpha value is -4.87. The van der Waals surface area contributed by atoms with Gasteiger partial charge in [-0.1, -0.05) is 49.4 Å². The van der Waals surface area contributed by atoms with Crippen molar-refractivity contribution in [2.45, 2.75) is 26.4 Å². The van der Waals surface area contributed by atoms with E-state index in [9.17, 15) is 24.0 Å². The van der Waals surface area contributed by atoms with Crippen LogP contribution in [0.5, 0.6) is 0 Å². The second kappa shape index (κ2) is 10.8. The Morgan fingerprint density at radius 1 is 1.03 bits per heavy atom. The predicted molar refractivity (Wildman–Crippen MR) is 135 cm³/mol. The van der Waals surface area contributed by atoms with E-state index in [2.05, 4.69) is 4.98 Å². The fourth-order valence-corrected chi connectivity index (χ4v) is 3.90. The standard InChI is InChI=1S/C25H25N5O7/c1-2-12-28(21-22(26)30(24(34)27-23(21)33)13-16-8-4-3-5-9-16)19(31)15-36-20(32)14-29-17-10-6-7-11-18(17)37-25(29)35/h3-11H,2,12-15,26H2,1H3,(H,27,33,34). The quantitative estimate of drug-likeness (QED) is 0.318. The molecule has 3 N–H and O–H groups in total. The normalized spacial score (nSPS) is 10.9. The number of oxazole rings is 1. The molecule has 0 aliphatic rings. The number of H-pyrrole nitrogens is 1. The van der Waals surface area contributed by atoms with Crippen LogP contribution < -0.4 is 27.6 Å². The van der Waals surface area contributed by atoms with Crippen molar-refractivity contribution in [3.05, 3.63) is 91.5 Å². The Morgan fingerprint density at radius 3 is 2.46 bits per heavy atom. The third-order valence-electron chi connectivity index (χ3n) is 5.63. The van der Waals surface area contributed by atoms with Gasteiger partial charge in [-0.3, -0.25) is 28.5 Å². The van der Waals surface area contributed by atoms with Gasteiger partial charge in [0.15, 0.2) is 17.9 Å². The van der Waals surface area contributed by atoms with Crippen LogP contribution in [0.15, 0.2) is 73.4 Å². The molecular formula is C25H25N5O7. The zero-order chi connectivity index (χ0) is 26.5. The third-order valence-corrected chi connectivity index (χ3v) is 5.63. The van der Waals surface area contributed by atoms with Crippen LogP contribution in [-0.2, 0) is 27.4 Å². The smallest absolute Gasteiger partial charge is 0.420 e. The summed E-state index contributed by atoms with van der Waals surface area (Å²) in [5.74, 6) is -2.50. The lowest BCUT2D eigenvalue weighted by molar-refractivity contribution is -0.148. The molecule has 0 saturated heterocycles. The number of nitrogens with two attached hydrogens (primary N) is 1. The van der Waals surface area contributed by atoms with Gasteiger partial charge in [-0.25, -0.2) is 9.59 Å². The molecule has 0 fully saturated rings. The molecule has 0 spiro atoms. The van der Waals surface area contributed by atoms with E-state index in [0.29, 0.717) is 17.5 Å². The second-order valence-corrected chi connectivity index (χ2v) is 8.19. The molecule has 0 aliphatic carbocycles. The molecule has 0 bridgehead atoms. The number of ether oxygens (including phenoxy) is 1. The van der Waals surface area contributed by atoms with E-state index in [-0.39, 0.29) is 24.6 Å². The Kier molecular flexibility index (Phi) is 7.37. The SMILES string of the molecule is CCCN(C(=O)COC(=O)Cn1c(=O)oc2ccccc21)c1c(N)n(Cc2ccccc2)c(=O)[nH]c1=O. The largest absolute Gasteiger partial charge is 0.454 e. The summed E-state index contributed by atoms with van der Waals surface area (Å²) in [5.41, 5.74) is 5.92. The van der Waals surface area contributed by atoms with Crippen molar-refractivity contribution >= 4 is 34.5 Å². The first-order valence-electron chi connectivity index (χ1n) is 11.5. The van der Waals surface area contributed by atoms with E-state index in [4.69, 9.17) is 14.9 Å². The number of esters is 1. The van der Waals surface area contributed by atoms with Crippen LogP contribution in [0.4, 0.5) is 11.5 Å². The van der Waals surface area contributed by atoms with Crippen molar-refractivity contribution < 1.29 is 18.7 Å². The lowest BCUT2D eigenvalue weighted by Gasteiger charge is -2.24. The van der Waals surface area contributed by atoms with Crippen LogP contribution in [0.25, 0.3) is 11.1 Å². The molecular weight excluding hydrogens is 482 g/mol. The average molecular weight is 508 g/mol. The zero-order valence-electron chi connectivity index (χ0n) is 20.0. The molecule has 4 aromatic rings. The summed E-state index contributed by atoms with van der Waals surface area (Å²) < 4.78 is 12.4. The summed E-state index contributed by atoms with van der Waals surface area (Å²) in [4.78, 5) is 66.0. The van der Waals surface area contributed by atoms with Gasteiger partial charge in [0.2, 0.25) is 0 Å². The molecule has 4 rings (SSSR count). The number of amides is 1. The molecule has 0 atom stereocenters. The van der Waals surface area contributed by atoms with Crippen LogP contribution in [-0.4, -0.2) is 39.1 Å². The van der Waals surface area contributed by atoms with Crippen molar-refractivity contribution in [1.82, 2.24) is 14.1 Å². The van der Waals surface area contributed by atoms with Crippen molar-refractivity contribution in [2.24, 2.45) is 0 Å². The fraction of sp³-hybridized carbons (Fsp3) is 0.240. The van der Waals surface area contributed by atoms with Gasteiger partial charge in [0.25, 0.3) is 11.5 Å². The first-order valence-corrected chi connectivity index (χ1v) is 11.5. The van der Waals surface area contributed by atoms with E-state index in [1.54, 1.807) is 55.5 Å². The predicted octanol–water partition coefficient (Wildman–Crippen LogP) is 1.06. The number of fused-ring (bicyclic) bond motifs is 1. The summed E-state index contributed by atoms with van der Waals surface area (Å²) in [5, 5.41) is 0. The van der Waals surface area contributed by atoms with Gasteiger partial charge in [-0.05, 0) is 24.1 Å². The second-order valence-electron chi connectivity index (χ2n) is 8.19. The maximum atomic E-state index is 13.0. The number of hydrogen-bond donors (Lipinski definition) is 2. The fourth-order valence-electron chi connectivity index (χ4n) is 3.90. The highest BCUT2D eigenvalue weighted by molar-refractivity contribution is 5.97. The summed E-state index contributed by atoms with van der Waals surface area (Å²) >= 11 is 0. The molecule has 0 radical (unpaired) electrons. The van der Waals surface area contributed by atoms with Gasteiger partial charge in [0.1, 0.15) is 12.4 Å². The first kappa shape index (κ1) is 25.2. The summed E-state index contributed by atoms with van der Waals surface area (Å²) in [7, 11) is 0. The van der Waals surface area contributed by atoms with Crippen LogP contribution in [0.2, 0.25) is 0 Å². The number of anilines is 2. The number of nitrogens with zero attached hydrogens (tertiary/aromatic N) is 3. The summed E-state index contributed by atoms with van der Waals surface area (Å²) in [6.07, 6.45) is 0.451. The summed E-state index contributed by atoms with van der Waals surface area (Å²) in [6.45, 7) is 0.763. The highest BCUT2D eigenvalue weighted by Crippen LogP contribution is 2.19. The molecule has 2 aromatic carbocycles. The molecule has 2 heterocycles. The van der Waals surface area contributed by atoms with Gasteiger partial charge in [-0.15, -0.1) is 0 Å². The number of nitrogens with one attached hydrogen (secondary N) is 1.